The number of nitrogens with one attached hydrogen (secondary N) is 2. The minimum atomic E-state index is -0.162. The lowest BCUT2D eigenvalue weighted by molar-refractivity contribution is 0.0903. The van der Waals surface area contributed by atoms with Crippen molar-refractivity contribution in [2.75, 3.05) is 11.3 Å². The molecule has 1 unspecified atom stereocenters. The molecule has 1 atom stereocenters. The molecular formula is C26H30N4O2S. The molecule has 0 aliphatic carbocycles. The number of benzene rings is 2. The second kappa shape index (κ2) is 9.43. The Kier molecular flexibility index (Phi) is 6.61. The van der Waals surface area contributed by atoms with Crippen molar-refractivity contribution in [3.63, 3.8) is 0 Å². The van der Waals surface area contributed by atoms with Gasteiger partial charge in [0.1, 0.15) is 6.61 Å². The zero-order valence-electron chi connectivity index (χ0n) is 19.7. The summed E-state index contributed by atoms with van der Waals surface area (Å²) < 4.78 is 9.38. The maximum atomic E-state index is 13.0. The first-order valence-electron chi connectivity index (χ1n) is 11.1. The molecule has 0 fully saturated rings. The van der Waals surface area contributed by atoms with E-state index in [0.717, 1.165) is 33.7 Å². The van der Waals surface area contributed by atoms with Crippen molar-refractivity contribution in [2.45, 2.75) is 52.0 Å². The van der Waals surface area contributed by atoms with E-state index in [1.807, 2.05) is 36.4 Å². The lowest BCUT2D eigenvalue weighted by atomic mass is 9.88. The van der Waals surface area contributed by atoms with Crippen LogP contribution >= 0.6 is 11.9 Å². The number of hydrogen-bond acceptors (Lipinski definition) is 6. The summed E-state index contributed by atoms with van der Waals surface area (Å²) in [5.41, 5.74) is 4.80. The van der Waals surface area contributed by atoms with E-state index in [9.17, 15) is 4.79 Å². The molecule has 7 heteroatoms. The van der Waals surface area contributed by atoms with Crippen LogP contribution in [0.2, 0.25) is 0 Å². The SMILES string of the molecule is Cc1cccc(C)c1-c1cc2nc(n1)NSc1cccc(c1)C(=O)NC(CC(C)(C)C)CO2. The first-order chi connectivity index (χ1) is 15.7. The van der Waals surface area contributed by atoms with Gasteiger partial charge in [0.05, 0.1) is 11.7 Å². The predicted octanol–water partition coefficient (Wildman–Crippen LogP) is 5.81. The van der Waals surface area contributed by atoms with Crippen LogP contribution in [-0.4, -0.2) is 28.5 Å². The van der Waals surface area contributed by atoms with Crippen molar-refractivity contribution in [3.05, 3.63) is 65.2 Å². The summed E-state index contributed by atoms with van der Waals surface area (Å²) in [5.74, 6) is 0.833. The lowest BCUT2D eigenvalue weighted by Crippen LogP contribution is -2.41. The van der Waals surface area contributed by atoms with Crippen LogP contribution in [0.25, 0.3) is 11.3 Å². The minimum absolute atomic E-state index is 0.0226. The molecule has 2 heterocycles. The summed E-state index contributed by atoms with van der Waals surface area (Å²) in [6.45, 7) is 10.9. The lowest BCUT2D eigenvalue weighted by Gasteiger charge is -2.27. The molecule has 1 amide bonds. The predicted molar refractivity (Wildman–Crippen MR) is 134 cm³/mol. The Morgan fingerprint density at radius 1 is 1.06 bits per heavy atom. The van der Waals surface area contributed by atoms with Crippen molar-refractivity contribution in [1.29, 1.82) is 0 Å². The fourth-order valence-corrected chi connectivity index (χ4v) is 4.67. The van der Waals surface area contributed by atoms with Gasteiger partial charge >= 0.3 is 0 Å². The van der Waals surface area contributed by atoms with Crippen molar-refractivity contribution < 1.29 is 9.53 Å². The van der Waals surface area contributed by atoms with Crippen LogP contribution < -0.4 is 14.8 Å². The van der Waals surface area contributed by atoms with Crippen LogP contribution in [-0.2, 0) is 0 Å². The van der Waals surface area contributed by atoms with Gasteiger partial charge in [0.25, 0.3) is 5.91 Å². The van der Waals surface area contributed by atoms with Crippen LogP contribution in [0.3, 0.4) is 0 Å². The van der Waals surface area contributed by atoms with Gasteiger partial charge < -0.3 is 10.1 Å². The molecule has 0 saturated heterocycles. The summed E-state index contributed by atoms with van der Waals surface area (Å²) in [6.07, 6.45) is 0.771. The van der Waals surface area contributed by atoms with Gasteiger partial charge in [-0.2, -0.15) is 4.98 Å². The van der Waals surface area contributed by atoms with Crippen molar-refractivity contribution >= 4 is 23.8 Å². The van der Waals surface area contributed by atoms with E-state index in [0.29, 0.717) is 24.0 Å². The van der Waals surface area contributed by atoms with Gasteiger partial charge in [-0.1, -0.05) is 45.0 Å². The normalized spacial score (nSPS) is 16.4. The quantitative estimate of drug-likeness (QED) is 0.468. The highest BCUT2D eigenvalue weighted by atomic mass is 32.2. The number of anilines is 1. The maximum Gasteiger partial charge on any atom is 0.251 e. The number of aromatic nitrogens is 2. The summed E-state index contributed by atoms with van der Waals surface area (Å²) >= 11 is 1.37. The van der Waals surface area contributed by atoms with Crippen molar-refractivity contribution in [1.82, 2.24) is 15.3 Å². The molecule has 6 nitrogen and oxygen atoms in total. The van der Waals surface area contributed by atoms with E-state index in [1.165, 1.54) is 11.9 Å². The van der Waals surface area contributed by atoms with E-state index in [4.69, 9.17) is 9.72 Å². The van der Waals surface area contributed by atoms with E-state index in [-0.39, 0.29) is 17.4 Å². The number of carbonyl (C=O) groups excluding carboxylic acids is 1. The average Bonchev–Trinajstić information content (AvgIpc) is 2.75. The number of nitrogens with zero attached hydrogens (tertiary/aromatic N) is 2. The van der Waals surface area contributed by atoms with Crippen LogP contribution in [0.15, 0.2) is 53.4 Å². The summed E-state index contributed by atoms with van der Waals surface area (Å²) in [7, 11) is 0. The fourth-order valence-electron chi connectivity index (χ4n) is 4.04. The van der Waals surface area contributed by atoms with Gasteiger partial charge in [0, 0.05) is 22.1 Å². The van der Waals surface area contributed by atoms with Gasteiger partial charge in [-0.15, -0.1) is 0 Å². The van der Waals surface area contributed by atoms with Crippen LogP contribution in [0, 0.1) is 19.3 Å². The van der Waals surface area contributed by atoms with E-state index >= 15 is 0 Å². The molecule has 3 aromatic rings. The van der Waals surface area contributed by atoms with Crippen LogP contribution in [0.5, 0.6) is 5.88 Å². The average molecular weight is 463 g/mol. The largest absolute Gasteiger partial charge is 0.475 e. The maximum absolute atomic E-state index is 13.0. The Balaban J connectivity index is 1.76. The third-order valence-corrected chi connectivity index (χ3v) is 6.20. The third kappa shape index (κ3) is 5.85. The van der Waals surface area contributed by atoms with E-state index in [2.05, 4.69) is 61.8 Å². The van der Waals surface area contributed by atoms with Gasteiger partial charge in [0.2, 0.25) is 11.8 Å². The van der Waals surface area contributed by atoms with Crippen molar-refractivity contribution in [3.8, 4) is 17.1 Å². The molecule has 172 valence electrons. The highest BCUT2D eigenvalue weighted by molar-refractivity contribution is 8.00. The third-order valence-electron chi connectivity index (χ3n) is 5.42. The smallest absolute Gasteiger partial charge is 0.251 e. The topological polar surface area (TPSA) is 76.1 Å². The molecule has 33 heavy (non-hydrogen) atoms. The van der Waals surface area contributed by atoms with Gasteiger partial charge in [-0.3, -0.25) is 9.52 Å². The Hall–Kier alpha value is -3.06. The Morgan fingerprint density at radius 2 is 1.79 bits per heavy atom. The zero-order valence-corrected chi connectivity index (χ0v) is 20.5. The van der Waals surface area contributed by atoms with E-state index in [1.54, 1.807) is 0 Å². The molecule has 0 spiro atoms. The standard InChI is InChI=1S/C26H30N4O2S/c1-16-8-6-9-17(2)23(16)21-13-22-29-25(28-21)30-33-20-11-7-10-18(12-20)24(31)27-19(15-32-22)14-26(3,4)5/h6-13,19H,14-15H2,1-5H3,(H,27,31)(H,28,29,30). The fraction of sp³-hybridized carbons (Fsp3) is 0.346. The number of hydrogen-bond donors (Lipinski definition) is 2. The summed E-state index contributed by atoms with van der Waals surface area (Å²) in [4.78, 5) is 23.2. The number of aryl methyl sites for hydroxylation is 2. The molecule has 4 bridgehead atoms. The highest BCUT2D eigenvalue weighted by Crippen LogP contribution is 2.31. The van der Waals surface area contributed by atoms with Gasteiger partial charge in [-0.05, 0) is 67.0 Å². The molecule has 1 aromatic heterocycles. The first kappa shape index (κ1) is 23.1. The number of fused-ring (bicyclic) bond motifs is 4. The molecule has 1 aliphatic heterocycles. The van der Waals surface area contributed by atoms with E-state index < -0.39 is 0 Å². The number of amides is 1. The highest BCUT2D eigenvalue weighted by Gasteiger charge is 2.23. The molecule has 1 aliphatic rings. The number of ether oxygens (including phenoxy) is 1. The summed E-state index contributed by atoms with van der Waals surface area (Å²) in [5, 5.41) is 3.16. The molecular weight excluding hydrogens is 432 g/mol. The molecule has 4 rings (SSSR count). The Morgan fingerprint density at radius 3 is 2.52 bits per heavy atom. The molecule has 2 aromatic carbocycles. The monoisotopic (exact) mass is 462 g/mol. The minimum Gasteiger partial charge on any atom is -0.475 e. The Bertz CT molecular complexity index is 1150. The molecule has 2 N–H and O–H groups in total. The number of rotatable bonds is 2. The zero-order chi connectivity index (χ0) is 23.6. The second-order valence-corrected chi connectivity index (χ2v) is 10.5. The molecule has 0 radical (unpaired) electrons. The Labute approximate surface area is 199 Å². The van der Waals surface area contributed by atoms with Crippen molar-refractivity contribution in [2.24, 2.45) is 5.41 Å². The van der Waals surface area contributed by atoms with Crippen LogP contribution in [0.4, 0.5) is 5.95 Å². The van der Waals surface area contributed by atoms with Gasteiger partial charge in [-0.25, -0.2) is 4.98 Å². The number of carbonyl (C=O) groups is 1. The molecule has 0 saturated carbocycles. The van der Waals surface area contributed by atoms with Gasteiger partial charge in [0.15, 0.2) is 0 Å². The first-order valence-corrected chi connectivity index (χ1v) is 11.9. The second-order valence-electron chi connectivity index (χ2n) is 9.66. The van der Waals surface area contributed by atoms with Crippen LogP contribution in [0.1, 0.15) is 48.7 Å². The summed E-state index contributed by atoms with van der Waals surface area (Å²) in [6, 6.07) is 15.4.